The smallest absolute Gasteiger partial charge is 0.462 e. The van der Waals surface area contributed by atoms with Crippen LogP contribution in [0.2, 0.25) is 0 Å². The van der Waals surface area contributed by atoms with Crippen molar-refractivity contribution in [2.24, 2.45) is 0 Å². The second kappa shape index (κ2) is 52.0. The van der Waals surface area contributed by atoms with Crippen LogP contribution in [-0.2, 0) is 42.2 Å². The molecule has 0 saturated carbocycles. The maximum absolute atomic E-state index is 12.9. The van der Waals surface area contributed by atoms with E-state index in [-0.39, 0.29) is 25.9 Å². The lowest BCUT2D eigenvalue weighted by Gasteiger charge is -2.21. The molecule has 0 heterocycles. The van der Waals surface area contributed by atoms with E-state index in [0.717, 1.165) is 128 Å². The molecule has 0 amide bonds. The number of rotatable bonds is 50. The van der Waals surface area contributed by atoms with Gasteiger partial charge in [0.1, 0.15) is 12.7 Å². The number of carbonyl (C=O) groups excluding carboxylic acids is 3. The minimum atomic E-state index is -4.76. The zero-order valence-electron chi connectivity index (χ0n) is 44.2. The molecule has 0 saturated heterocycles. The van der Waals surface area contributed by atoms with Crippen LogP contribution < -0.4 is 0 Å². The second-order valence-electron chi connectivity index (χ2n) is 18.0. The molecule has 11 nitrogen and oxygen atoms in total. The van der Waals surface area contributed by atoms with E-state index < -0.39 is 57.8 Å². The van der Waals surface area contributed by atoms with E-state index in [4.69, 9.17) is 23.3 Å². The third kappa shape index (κ3) is 49.6. The number of esters is 3. The number of allylic oxidation sites excluding steroid dienone is 14. The van der Waals surface area contributed by atoms with Crippen LogP contribution in [0.15, 0.2) is 85.1 Å². The van der Waals surface area contributed by atoms with Crippen LogP contribution in [0, 0.1) is 0 Å². The van der Waals surface area contributed by atoms with Crippen LogP contribution in [0.4, 0.5) is 0 Å². The predicted octanol–water partition coefficient (Wildman–Crippen LogP) is 15.9. The first-order chi connectivity index (χ1) is 34.2. The summed E-state index contributed by atoms with van der Waals surface area (Å²) in [5.41, 5.74) is 0. The Morgan fingerprint density at radius 3 is 1.21 bits per heavy atom. The molecular formula is C58H99O11P. The SMILES string of the molecule is CC/C=C\C/C=C\C/C=C\CCCCCC(=O)OC(COC(=O)CCCCCCCCC/C=C\C/C=C\CCCCC)COP(=O)(O)OCC(CO)OC(=O)CCCCCCC/C=C\C/C=C\CCC. The minimum absolute atomic E-state index is 0.127. The Bertz CT molecular complexity index is 1500. The first kappa shape index (κ1) is 66.7. The summed E-state index contributed by atoms with van der Waals surface area (Å²) in [4.78, 5) is 48.4. The highest BCUT2D eigenvalue weighted by Gasteiger charge is 2.28. The number of ether oxygens (including phenoxy) is 3. The van der Waals surface area contributed by atoms with E-state index in [0.29, 0.717) is 19.3 Å². The Morgan fingerprint density at radius 2 is 0.771 bits per heavy atom. The standard InChI is InChI=1S/C58H99O11P/c1-4-7-10-13-16-19-22-25-26-27-28-31-32-35-38-41-44-47-56(60)65-51-55(69-58(62)49-46-43-40-37-34-30-24-21-18-15-12-9-6-3)53-67-70(63,64)66-52-54(50-59)68-57(61)48-45-42-39-36-33-29-23-20-17-14-11-8-5-2/h9,11-12,14,16,18-21,23,25-26,30,34,54-55,59H,4-8,10,13,15,17,22,24,27-29,31-33,35-53H2,1-3H3,(H,63,64)/b12-9-,14-11-,19-16-,21-18-,23-20-,26-25-,34-30-. The number of phosphoric acid groups is 1. The van der Waals surface area contributed by atoms with Crippen molar-refractivity contribution in [1.29, 1.82) is 0 Å². The highest BCUT2D eigenvalue weighted by molar-refractivity contribution is 7.47. The van der Waals surface area contributed by atoms with Gasteiger partial charge in [0.05, 0.1) is 19.8 Å². The van der Waals surface area contributed by atoms with Gasteiger partial charge in [-0.3, -0.25) is 23.4 Å². The van der Waals surface area contributed by atoms with Crippen molar-refractivity contribution >= 4 is 25.7 Å². The van der Waals surface area contributed by atoms with Crippen LogP contribution >= 0.6 is 7.82 Å². The van der Waals surface area contributed by atoms with Gasteiger partial charge in [-0.15, -0.1) is 0 Å². The van der Waals surface area contributed by atoms with Crippen LogP contribution in [0.25, 0.3) is 0 Å². The molecule has 0 bridgehead atoms. The van der Waals surface area contributed by atoms with E-state index in [1.54, 1.807) is 0 Å². The molecule has 70 heavy (non-hydrogen) atoms. The summed E-state index contributed by atoms with van der Waals surface area (Å²) in [6.07, 6.45) is 58.3. The minimum Gasteiger partial charge on any atom is -0.462 e. The van der Waals surface area contributed by atoms with Crippen molar-refractivity contribution in [3.05, 3.63) is 85.1 Å². The fourth-order valence-corrected chi connectivity index (χ4v) is 7.87. The number of phosphoric ester groups is 1. The molecular weight excluding hydrogens is 904 g/mol. The van der Waals surface area contributed by atoms with Gasteiger partial charge in [0.2, 0.25) is 0 Å². The molecule has 3 atom stereocenters. The number of carbonyl (C=O) groups is 3. The van der Waals surface area contributed by atoms with Crippen molar-refractivity contribution in [1.82, 2.24) is 0 Å². The zero-order valence-corrected chi connectivity index (χ0v) is 45.1. The topological polar surface area (TPSA) is 155 Å². The monoisotopic (exact) mass is 1000 g/mol. The van der Waals surface area contributed by atoms with Gasteiger partial charge in [-0.25, -0.2) is 4.57 Å². The molecule has 0 aliphatic rings. The molecule has 0 fully saturated rings. The van der Waals surface area contributed by atoms with Crippen molar-refractivity contribution in [3.8, 4) is 0 Å². The van der Waals surface area contributed by atoms with Gasteiger partial charge in [-0.05, 0) is 109 Å². The molecule has 2 N–H and O–H groups in total. The molecule has 0 radical (unpaired) electrons. The zero-order chi connectivity index (χ0) is 51.3. The Morgan fingerprint density at radius 1 is 0.414 bits per heavy atom. The van der Waals surface area contributed by atoms with Gasteiger partial charge in [-0.1, -0.05) is 183 Å². The quantitative estimate of drug-likeness (QED) is 0.0197. The lowest BCUT2D eigenvalue weighted by atomic mass is 10.1. The van der Waals surface area contributed by atoms with E-state index in [1.807, 2.05) is 0 Å². The number of unbranched alkanes of at least 4 members (excludes halogenated alkanes) is 19. The maximum Gasteiger partial charge on any atom is 0.472 e. The number of hydrogen-bond donors (Lipinski definition) is 2. The molecule has 12 heteroatoms. The average Bonchev–Trinajstić information content (AvgIpc) is 3.35. The maximum atomic E-state index is 12.9. The highest BCUT2D eigenvalue weighted by atomic mass is 31.2. The number of aliphatic hydroxyl groups excluding tert-OH is 1. The third-order valence-corrected chi connectivity index (χ3v) is 12.2. The largest absolute Gasteiger partial charge is 0.472 e. The van der Waals surface area contributed by atoms with Gasteiger partial charge >= 0.3 is 25.7 Å². The Balaban J connectivity index is 4.78. The Kier molecular flexibility index (Phi) is 49.5. The van der Waals surface area contributed by atoms with Crippen LogP contribution in [-0.4, -0.2) is 66.5 Å². The van der Waals surface area contributed by atoms with E-state index >= 15 is 0 Å². The fourth-order valence-electron chi connectivity index (χ4n) is 7.08. The molecule has 0 aliphatic heterocycles. The van der Waals surface area contributed by atoms with Crippen LogP contribution in [0.3, 0.4) is 0 Å². The highest BCUT2D eigenvalue weighted by Crippen LogP contribution is 2.43. The molecule has 0 spiro atoms. The van der Waals surface area contributed by atoms with Crippen LogP contribution in [0.1, 0.15) is 226 Å². The first-order valence-corrected chi connectivity index (χ1v) is 29.0. The van der Waals surface area contributed by atoms with Gasteiger partial charge in [0, 0.05) is 19.3 Å². The van der Waals surface area contributed by atoms with Gasteiger partial charge in [0.25, 0.3) is 0 Å². The van der Waals surface area contributed by atoms with Crippen molar-refractivity contribution in [2.45, 2.75) is 238 Å². The van der Waals surface area contributed by atoms with E-state index in [1.165, 1.54) is 38.5 Å². The first-order valence-electron chi connectivity index (χ1n) is 27.5. The average molecular weight is 1000 g/mol. The third-order valence-electron chi connectivity index (χ3n) is 11.3. The van der Waals surface area contributed by atoms with Crippen molar-refractivity contribution in [2.75, 3.05) is 26.4 Å². The Labute approximate surface area is 426 Å². The van der Waals surface area contributed by atoms with Gasteiger partial charge < -0.3 is 24.2 Å². The molecule has 402 valence electrons. The summed E-state index contributed by atoms with van der Waals surface area (Å²) >= 11 is 0. The summed E-state index contributed by atoms with van der Waals surface area (Å²) in [7, 11) is -4.76. The normalized spacial score (nSPS) is 14.1. The van der Waals surface area contributed by atoms with Gasteiger partial charge in [-0.2, -0.15) is 0 Å². The summed E-state index contributed by atoms with van der Waals surface area (Å²) in [6.45, 7) is 4.37. The van der Waals surface area contributed by atoms with Crippen LogP contribution in [0.5, 0.6) is 0 Å². The molecule has 0 rings (SSSR count). The predicted molar refractivity (Wildman–Crippen MR) is 288 cm³/mol. The molecule has 0 aromatic rings. The van der Waals surface area contributed by atoms with Gasteiger partial charge in [0.15, 0.2) is 6.10 Å². The summed E-state index contributed by atoms with van der Waals surface area (Å²) in [5.74, 6) is -1.53. The van der Waals surface area contributed by atoms with Crippen molar-refractivity contribution in [3.63, 3.8) is 0 Å². The summed E-state index contributed by atoms with van der Waals surface area (Å²) in [5, 5.41) is 9.79. The molecule has 3 unspecified atom stereocenters. The number of aliphatic hydroxyl groups is 1. The second-order valence-corrected chi connectivity index (χ2v) is 19.5. The number of hydrogen-bond acceptors (Lipinski definition) is 10. The summed E-state index contributed by atoms with van der Waals surface area (Å²) < 4.78 is 39.4. The van der Waals surface area contributed by atoms with E-state index in [9.17, 15) is 28.9 Å². The summed E-state index contributed by atoms with van der Waals surface area (Å²) in [6, 6.07) is 0. The molecule has 0 aliphatic carbocycles. The lowest BCUT2D eigenvalue weighted by Crippen LogP contribution is -2.30. The Hall–Kier alpha value is -3.34. The van der Waals surface area contributed by atoms with Crippen molar-refractivity contribution < 1.29 is 52.2 Å². The molecule has 0 aromatic heterocycles. The molecule has 0 aromatic carbocycles. The fraction of sp³-hybridized carbons (Fsp3) is 0.707. The van der Waals surface area contributed by atoms with E-state index in [2.05, 4.69) is 106 Å². The lowest BCUT2D eigenvalue weighted by molar-refractivity contribution is -0.161.